The van der Waals surface area contributed by atoms with E-state index in [1.165, 1.54) is 0 Å². The maximum atomic E-state index is 10.9. The van der Waals surface area contributed by atoms with E-state index in [9.17, 15) is 18.9 Å². The standard InChI is InChI=1S/C15H32N2O8P2.2Na/c18-16-14(26(20,21)22)12-10-8-6-4-2-1-3-5-7-9-11-13-15(17-19)27(23,24)25;;/h18-19H,1-13H2,(H2,20,21,22)(H2,23,24,25);;/q;2*+1/p-2. The molecule has 0 rings (SSSR count). The first-order valence-corrected chi connectivity index (χ1v) is 12.3. The van der Waals surface area contributed by atoms with Crippen molar-refractivity contribution in [2.45, 2.75) is 83.5 Å². The third-order valence-corrected chi connectivity index (χ3v) is 6.11. The van der Waals surface area contributed by atoms with Gasteiger partial charge in [-0.05, 0) is 26.9 Å². The third-order valence-electron chi connectivity index (χ3n) is 4.18. The summed E-state index contributed by atoms with van der Waals surface area (Å²) in [5, 5.41) is 22.2. The average molecular weight is 474 g/mol. The molecule has 0 unspecified atom stereocenters. The van der Waals surface area contributed by atoms with Crippen molar-refractivity contribution in [3.8, 4) is 0 Å². The van der Waals surface area contributed by atoms with Crippen molar-refractivity contribution >= 4 is 26.1 Å². The maximum absolute atomic E-state index is 10.9. The van der Waals surface area contributed by atoms with Crippen LogP contribution in [-0.2, 0) is 9.13 Å². The van der Waals surface area contributed by atoms with Gasteiger partial charge in [0.25, 0.3) is 0 Å². The van der Waals surface area contributed by atoms with Gasteiger partial charge >= 0.3 is 66.7 Å². The van der Waals surface area contributed by atoms with Gasteiger partial charge < -0.3 is 34.6 Å². The summed E-state index contributed by atoms with van der Waals surface area (Å²) in [5.41, 5.74) is -1.14. The molecule has 0 aromatic carbocycles. The smallest absolute Gasteiger partial charge is 0.806 e. The normalized spacial score (nSPS) is 13.0. The van der Waals surface area contributed by atoms with Crippen molar-refractivity contribution in [1.29, 1.82) is 0 Å². The molecule has 29 heavy (non-hydrogen) atoms. The van der Waals surface area contributed by atoms with Crippen LogP contribution >= 0.6 is 15.2 Å². The van der Waals surface area contributed by atoms with E-state index in [0.717, 1.165) is 57.8 Å². The first-order chi connectivity index (χ1) is 12.6. The van der Waals surface area contributed by atoms with Crippen LogP contribution < -0.4 is 68.9 Å². The van der Waals surface area contributed by atoms with Gasteiger partial charge in [0.2, 0.25) is 0 Å². The summed E-state index contributed by atoms with van der Waals surface area (Å²) in [6.07, 6.45) is 9.85. The Morgan fingerprint density at radius 3 is 1.14 bits per heavy atom. The van der Waals surface area contributed by atoms with Crippen molar-refractivity contribution in [3.63, 3.8) is 0 Å². The van der Waals surface area contributed by atoms with E-state index in [4.69, 9.17) is 20.2 Å². The van der Waals surface area contributed by atoms with E-state index >= 15 is 0 Å². The molecule has 0 heterocycles. The fourth-order valence-electron chi connectivity index (χ4n) is 2.65. The van der Waals surface area contributed by atoms with E-state index in [2.05, 4.69) is 10.3 Å². The monoisotopic (exact) mass is 474 g/mol. The molecule has 0 atom stereocenters. The van der Waals surface area contributed by atoms with Gasteiger partial charge in [0.1, 0.15) is 0 Å². The molecule has 0 aliphatic heterocycles. The van der Waals surface area contributed by atoms with E-state index in [-0.39, 0.29) is 72.0 Å². The number of oxime groups is 2. The van der Waals surface area contributed by atoms with Crippen molar-refractivity contribution in [1.82, 2.24) is 0 Å². The van der Waals surface area contributed by atoms with Crippen LogP contribution in [0.4, 0.5) is 0 Å². The van der Waals surface area contributed by atoms with Crippen LogP contribution in [0.5, 0.6) is 0 Å². The Hall–Kier alpha value is 1.24. The summed E-state index contributed by atoms with van der Waals surface area (Å²) >= 11 is 0. The van der Waals surface area contributed by atoms with Crippen LogP contribution in [-0.4, -0.2) is 31.1 Å². The van der Waals surface area contributed by atoms with Gasteiger partial charge in [-0.3, -0.25) is 4.57 Å². The van der Waals surface area contributed by atoms with Gasteiger partial charge in [-0.25, -0.2) is 0 Å². The summed E-state index contributed by atoms with van der Waals surface area (Å²) in [6, 6.07) is 0. The van der Waals surface area contributed by atoms with Gasteiger partial charge in [0.15, 0.2) is 5.45 Å². The van der Waals surface area contributed by atoms with Gasteiger partial charge in [-0.15, -0.1) is 0 Å². The molecule has 0 saturated carbocycles. The van der Waals surface area contributed by atoms with Gasteiger partial charge in [0.05, 0.1) is 5.45 Å². The molecule has 10 nitrogen and oxygen atoms in total. The average Bonchev–Trinajstić information content (AvgIpc) is 2.56. The van der Waals surface area contributed by atoms with Crippen LogP contribution in [0.1, 0.15) is 83.5 Å². The summed E-state index contributed by atoms with van der Waals surface area (Å²) < 4.78 is 21.7. The van der Waals surface area contributed by atoms with Crippen LogP contribution in [0.2, 0.25) is 0 Å². The molecule has 0 radical (unpaired) electrons. The SMILES string of the molecule is O=P([O-])([O-])C(CCCCCCCCCCCCCC(=NO)P(=O)(O)O)=NO.[Na+].[Na+]. The van der Waals surface area contributed by atoms with Crippen molar-refractivity contribution in [3.05, 3.63) is 0 Å². The summed E-state index contributed by atoms with van der Waals surface area (Å²) in [6.45, 7) is 0. The first kappa shape index (κ1) is 34.8. The predicted molar refractivity (Wildman–Crippen MR) is 98.1 cm³/mol. The number of unbranched alkanes of at least 4 members (excludes halogenated alkanes) is 10. The minimum absolute atomic E-state index is 0. The number of hydrogen-bond donors (Lipinski definition) is 4. The van der Waals surface area contributed by atoms with E-state index in [0.29, 0.717) is 12.8 Å². The molecule has 0 aromatic rings. The van der Waals surface area contributed by atoms with E-state index < -0.39 is 26.1 Å². The Balaban J connectivity index is -0.00000338. The van der Waals surface area contributed by atoms with Crippen LogP contribution in [0, 0.1) is 0 Å². The Bertz CT molecular complexity index is 519. The Labute approximate surface area is 216 Å². The molecule has 0 aliphatic carbocycles. The largest absolute Gasteiger partial charge is 1.00 e. The second-order valence-electron chi connectivity index (χ2n) is 6.46. The zero-order valence-electron chi connectivity index (χ0n) is 17.4. The van der Waals surface area contributed by atoms with Gasteiger partial charge in [-0.1, -0.05) is 68.1 Å². The summed E-state index contributed by atoms with van der Waals surface area (Å²) in [5.74, 6) is 0. The quantitative estimate of drug-likeness (QED) is 0.0448. The predicted octanol–water partition coefficient (Wildman–Crippen LogP) is -3.27. The van der Waals surface area contributed by atoms with Crippen LogP contribution in [0.25, 0.3) is 0 Å². The van der Waals surface area contributed by atoms with Crippen LogP contribution in [0.15, 0.2) is 10.3 Å². The van der Waals surface area contributed by atoms with Crippen LogP contribution in [0.3, 0.4) is 0 Å². The van der Waals surface area contributed by atoms with Gasteiger partial charge in [-0.2, -0.15) is 0 Å². The second kappa shape index (κ2) is 19.9. The molecular weight excluding hydrogens is 444 g/mol. The molecule has 0 bridgehead atoms. The van der Waals surface area contributed by atoms with Crippen molar-refractivity contribution in [2.24, 2.45) is 10.3 Å². The maximum Gasteiger partial charge on any atom is 1.00 e. The first-order valence-electron chi connectivity index (χ1n) is 9.13. The Morgan fingerprint density at radius 2 is 0.897 bits per heavy atom. The Morgan fingerprint density at radius 1 is 0.621 bits per heavy atom. The molecule has 4 N–H and O–H groups in total. The van der Waals surface area contributed by atoms with E-state index in [1.54, 1.807) is 0 Å². The molecule has 0 aliphatic rings. The molecule has 0 aromatic heterocycles. The number of rotatable bonds is 16. The molecule has 0 fully saturated rings. The molecule has 160 valence electrons. The molecule has 14 heteroatoms. The molecule has 0 amide bonds. The molecule has 0 saturated heterocycles. The molecular formula is C15H30N2Na2O8P2. The fourth-order valence-corrected chi connectivity index (χ4v) is 3.76. The second-order valence-corrected chi connectivity index (χ2v) is 9.58. The number of hydrogen-bond acceptors (Lipinski definition) is 8. The topological polar surface area (TPSA) is 186 Å². The zero-order chi connectivity index (χ0) is 20.8. The summed E-state index contributed by atoms with van der Waals surface area (Å²) in [7, 11) is -9.37. The van der Waals surface area contributed by atoms with Gasteiger partial charge in [0, 0.05) is 6.42 Å². The van der Waals surface area contributed by atoms with Crippen molar-refractivity contribution < 1.29 is 98.2 Å². The Kier molecular flexibility index (Phi) is 23.9. The number of nitrogens with zero attached hydrogens (tertiary/aromatic N) is 2. The summed E-state index contributed by atoms with van der Waals surface area (Å²) in [4.78, 5) is 39.2. The fraction of sp³-hybridized carbons (Fsp3) is 0.867. The minimum Gasteiger partial charge on any atom is -0.806 e. The molecule has 0 spiro atoms. The van der Waals surface area contributed by atoms with Crippen molar-refractivity contribution in [2.75, 3.05) is 0 Å². The minimum atomic E-state index is -4.93. The third kappa shape index (κ3) is 19.6. The zero-order valence-corrected chi connectivity index (χ0v) is 23.2. The van der Waals surface area contributed by atoms with E-state index in [1.807, 2.05) is 0 Å².